The predicted octanol–water partition coefficient (Wildman–Crippen LogP) is 3.97. The van der Waals surface area contributed by atoms with E-state index in [-0.39, 0.29) is 24.2 Å². The second kappa shape index (κ2) is 8.20. The molecule has 0 aliphatic heterocycles. The number of carbonyl (C=O) groups excluding carboxylic acids is 1. The smallest absolute Gasteiger partial charge is 0.229 e. The Kier molecular flexibility index (Phi) is 5.53. The lowest BCUT2D eigenvalue weighted by Gasteiger charge is -2.14. The molecule has 1 heterocycles. The Bertz CT molecular complexity index is 868. The Balaban J connectivity index is 1.56. The van der Waals surface area contributed by atoms with Gasteiger partial charge in [-0.15, -0.1) is 10.2 Å². The van der Waals surface area contributed by atoms with Crippen LogP contribution in [0.5, 0.6) is 0 Å². The molecule has 3 rings (SSSR count). The lowest BCUT2D eigenvalue weighted by molar-refractivity contribution is -0.115. The summed E-state index contributed by atoms with van der Waals surface area (Å²) in [5.41, 5.74) is 1.74. The fourth-order valence-electron chi connectivity index (χ4n) is 2.54. The Morgan fingerprint density at radius 3 is 2.42 bits per heavy atom. The minimum atomic E-state index is -0.363. The number of anilines is 2. The van der Waals surface area contributed by atoms with E-state index in [0.717, 1.165) is 5.56 Å². The van der Waals surface area contributed by atoms with Crippen LogP contribution in [0.2, 0.25) is 0 Å². The van der Waals surface area contributed by atoms with Gasteiger partial charge in [-0.1, -0.05) is 42.5 Å². The van der Waals surface area contributed by atoms with E-state index >= 15 is 0 Å². The summed E-state index contributed by atoms with van der Waals surface area (Å²) in [6.45, 7) is 2.03. The average molecular weight is 350 g/mol. The molecule has 2 aromatic carbocycles. The molecule has 3 aromatic rings. The Hall–Kier alpha value is -3.28. The second-order valence-electron chi connectivity index (χ2n) is 5.94. The average Bonchev–Trinajstić information content (AvgIpc) is 2.64. The van der Waals surface area contributed by atoms with Gasteiger partial charge in [0.05, 0.1) is 6.42 Å². The van der Waals surface area contributed by atoms with Crippen LogP contribution in [0, 0.1) is 5.82 Å². The first kappa shape index (κ1) is 17.5. The molecule has 1 aromatic heterocycles. The Morgan fingerprint density at radius 1 is 1.00 bits per heavy atom. The normalized spacial score (nSPS) is 11.6. The monoisotopic (exact) mass is 350 g/mol. The van der Waals surface area contributed by atoms with E-state index in [4.69, 9.17) is 0 Å². The molecule has 1 unspecified atom stereocenters. The number of benzene rings is 2. The molecule has 0 aliphatic rings. The van der Waals surface area contributed by atoms with Crippen LogP contribution in [-0.2, 0) is 11.2 Å². The number of amides is 1. The fraction of sp³-hybridized carbons (Fsp3) is 0.150. The molecule has 0 saturated heterocycles. The van der Waals surface area contributed by atoms with Gasteiger partial charge in [0.15, 0.2) is 5.82 Å². The molecular weight excluding hydrogens is 331 g/mol. The lowest BCUT2D eigenvalue weighted by atomic mass is 10.1. The Labute approximate surface area is 151 Å². The van der Waals surface area contributed by atoms with Crippen LogP contribution >= 0.6 is 0 Å². The van der Waals surface area contributed by atoms with Crippen molar-refractivity contribution in [3.8, 4) is 0 Å². The van der Waals surface area contributed by atoms with Crippen LogP contribution in [0.1, 0.15) is 24.1 Å². The standard InChI is InChI=1S/C20H19FN4O/c1-14(16-7-3-2-4-8-16)22-18-10-11-19(25-24-18)23-20(26)13-15-6-5-9-17(21)12-15/h2-12,14H,13H2,1H3,(H,22,24)(H,23,25,26). The van der Waals surface area contributed by atoms with Crippen LogP contribution in [0.4, 0.5) is 16.0 Å². The predicted molar refractivity (Wildman–Crippen MR) is 99.2 cm³/mol. The number of nitrogens with one attached hydrogen (secondary N) is 2. The van der Waals surface area contributed by atoms with Crippen LogP contribution in [0.3, 0.4) is 0 Å². The molecule has 5 nitrogen and oxygen atoms in total. The zero-order valence-corrected chi connectivity index (χ0v) is 14.3. The van der Waals surface area contributed by atoms with Gasteiger partial charge in [-0.3, -0.25) is 4.79 Å². The van der Waals surface area contributed by atoms with E-state index in [1.165, 1.54) is 12.1 Å². The highest BCUT2D eigenvalue weighted by Gasteiger charge is 2.08. The highest BCUT2D eigenvalue weighted by atomic mass is 19.1. The fourth-order valence-corrected chi connectivity index (χ4v) is 2.54. The van der Waals surface area contributed by atoms with E-state index in [1.807, 2.05) is 37.3 Å². The maximum absolute atomic E-state index is 13.2. The van der Waals surface area contributed by atoms with Crippen LogP contribution in [0.15, 0.2) is 66.7 Å². The van der Waals surface area contributed by atoms with Gasteiger partial charge in [-0.25, -0.2) is 4.39 Å². The van der Waals surface area contributed by atoms with Gasteiger partial charge in [0.25, 0.3) is 0 Å². The summed E-state index contributed by atoms with van der Waals surface area (Å²) < 4.78 is 13.2. The van der Waals surface area contributed by atoms with Crippen molar-refractivity contribution in [2.24, 2.45) is 0 Å². The number of hydrogen-bond donors (Lipinski definition) is 2. The molecule has 1 amide bonds. The molecule has 26 heavy (non-hydrogen) atoms. The number of nitrogens with zero attached hydrogens (tertiary/aromatic N) is 2. The van der Waals surface area contributed by atoms with Gasteiger partial charge >= 0.3 is 0 Å². The summed E-state index contributed by atoms with van der Waals surface area (Å²) in [7, 11) is 0. The van der Waals surface area contributed by atoms with Crippen molar-refractivity contribution in [2.45, 2.75) is 19.4 Å². The van der Waals surface area contributed by atoms with Gasteiger partial charge in [0.2, 0.25) is 5.91 Å². The summed E-state index contributed by atoms with van der Waals surface area (Å²) in [5.74, 6) is 0.329. The summed E-state index contributed by atoms with van der Waals surface area (Å²) in [6, 6.07) is 19.5. The number of carbonyl (C=O) groups is 1. The zero-order chi connectivity index (χ0) is 18.4. The first-order valence-corrected chi connectivity index (χ1v) is 8.29. The minimum Gasteiger partial charge on any atom is -0.362 e. The van der Waals surface area contributed by atoms with E-state index in [0.29, 0.717) is 17.2 Å². The molecule has 0 spiro atoms. The van der Waals surface area contributed by atoms with Gasteiger partial charge < -0.3 is 10.6 Å². The van der Waals surface area contributed by atoms with E-state index < -0.39 is 0 Å². The summed E-state index contributed by atoms with van der Waals surface area (Å²) in [4.78, 5) is 12.0. The molecule has 2 N–H and O–H groups in total. The van der Waals surface area contributed by atoms with Crippen LogP contribution in [-0.4, -0.2) is 16.1 Å². The van der Waals surface area contributed by atoms with Crippen molar-refractivity contribution in [2.75, 3.05) is 10.6 Å². The van der Waals surface area contributed by atoms with Crippen molar-refractivity contribution < 1.29 is 9.18 Å². The third kappa shape index (κ3) is 4.86. The molecular formula is C20H19FN4O. The van der Waals surface area contributed by atoms with Gasteiger partial charge in [-0.2, -0.15) is 0 Å². The number of hydrogen-bond acceptors (Lipinski definition) is 4. The van der Waals surface area contributed by atoms with Crippen molar-refractivity contribution in [1.29, 1.82) is 0 Å². The number of rotatable bonds is 6. The van der Waals surface area contributed by atoms with Gasteiger partial charge in [0.1, 0.15) is 11.6 Å². The molecule has 0 saturated carbocycles. The van der Waals surface area contributed by atoms with Crippen molar-refractivity contribution in [1.82, 2.24) is 10.2 Å². The quantitative estimate of drug-likeness (QED) is 0.706. The molecule has 0 radical (unpaired) electrons. The largest absolute Gasteiger partial charge is 0.362 e. The summed E-state index contributed by atoms with van der Waals surface area (Å²) in [6.07, 6.45) is 0.0739. The third-order valence-electron chi connectivity index (χ3n) is 3.85. The van der Waals surface area contributed by atoms with Gasteiger partial charge in [0, 0.05) is 6.04 Å². The molecule has 0 bridgehead atoms. The van der Waals surface area contributed by atoms with Crippen molar-refractivity contribution in [3.63, 3.8) is 0 Å². The molecule has 0 aliphatic carbocycles. The maximum Gasteiger partial charge on any atom is 0.229 e. The lowest BCUT2D eigenvalue weighted by Crippen LogP contribution is -2.16. The van der Waals surface area contributed by atoms with Gasteiger partial charge in [-0.05, 0) is 42.3 Å². The Morgan fingerprint density at radius 2 is 1.73 bits per heavy atom. The highest BCUT2D eigenvalue weighted by Crippen LogP contribution is 2.17. The van der Waals surface area contributed by atoms with E-state index in [2.05, 4.69) is 20.8 Å². The molecule has 6 heteroatoms. The first-order chi connectivity index (χ1) is 12.6. The summed E-state index contributed by atoms with van der Waals surface area (Å²) >= 11 is 0. The van der Waals surface area contributed by atoms with E-state index in [1.54, 1.807) is 24.3 Å². The SMILES string of the molecule is CC(Nc1ccc(NC(=O)Cc2cccc(F)c2)nn1)c1ccccc1. The second-order valence-corrected chi connectivity index (χ2v) is 5.94. The summed E-state index contributed by atoms with van der Waals surface area (Å²) in [5, 5.41) is 14.0. The molecule has 0 fully saturated rings. The van der Waals surface area contributed by atoms with Crippen LogP contribution < -0.4 is 10.6 Å². The number of aromatic nitrogens is 2. The van der Waals surface area contributed by atoms with Crippen molar-refractivity contribution >= 4 is 17.5 Å². The third-order valence-corrected chi connectivity index (χ3v) is 3.85. The topological polar surface area (TPSA) is 66.9 Å². The van der Waals surface area contributed by atoms with Crippen molar-refractivity contribution in [3.05, 3.63) is 83.7 Å². The van der Waals surface area contributed by atoms with Crippen LogP contribution in [0.25, 0.3) is 0 Å². The number of halogens is 1. The molecule has 132 valence electrons. The van der Waals surface area contributed by atoms with E-state index in [9.17, 15) is 9.18 Å². The molecule has 1 atom stereocenters. The highest BCUT2D eigenvalue weighted by molar-refractivity contribution is 5.91. The first-order valence-electron chi connectivity index (χ1n) is 8.29. The minimum absolute atomic E-state index is 0.0739. The maximum atomic E-state index is 13.2. The zero-order valence-electron chi connectivity index (χ0n) is 14.3.